The van der Waals surface area contributed by atoms with E-state index in [1.165, 1.54) is 5.56 Å². The zero-order chi connectivity index (χ0) is 20.7. The number of amides is 2. The first kappa shape index (κ1) is 24.8. The van der Waals surface area contributed by atoms with Crippen LogP contribution in [-0.2, 0) is 27.4 Å². The van der Waals surface area contributed by atoms with Gasteiger partial charge in [0.15, 0.2) is 0 Å². The SMILES string of the molecule is C=C.CNC(=O)CCCCc1ccc(CO[C@H](C)C(N)CCC(N)=O)cc1. The zero-order valence-electron chi connectivity index (χ0n) is 16.7. The Bertz CT molecular complexity index is 546. The second-order valence-corrected chi connectivity index (χ2v) is 6.38. The topological polar surface area (TPSA) is 107 Å². The molecule has 0 saturated carbocycles. The van der Waals surface area contributed by atoms with Crippen molar-refractivity contribution in [2.24, 2.45) is 11.5 Å². The van der Waals surface area contributed by atoms with Crippen LogP contribution in [0.5, 0.6) is 0 Å². The van der Waals surface area contributed by atoms with Crippen molar-refractivity contribution in [3.8, 4) is 0 Å². The highest BCUT2D eigenvalue weighted by atomic mass is 16.5. The number of ether oxygens (including phenoxy) is 1. The van der Waals surface area contributed by atoms with E-state index < -0.39 is 0 Å². The molecule has 1 aromatic rings. The number of hydrogen-bond donors (Lipinski definition) is 3. The van der Waals surface area contributed by atoms with Crippen LogP contribution in [0.25, 0.3) is 0 Å². The van der Waals surface area contributed by atoms with Gasteiger partial charge in [-0.2, -0.15) is 0 Å². The molecule has 2 atom stereocenters. The molecule has 0 radical (unpaired) electrons. The van der Waals surface area contributed by atoms with Gasteiger partial charge in [-0.25, -0.2) is 0 Å². The number of nitrogens with two attached hydrogens (primary N) is 2. The van der Waals surface area contributed by atoms with Gasteiger partial charge in [-0.05, 0) is 43.7 Å². The van der Waals surface area contributed by atoms with Crippen molar-refractivity contribution < 1.29 is 14.3 Å². The minimum atomic E-state index is -0.339. The molecular formula is C21H35N3O3. The number of benzene rings is 1. The number of hydrogen-bond acceptors (Lipinski definition) is 4. The van der Waals surface area contributed by atoms with Gasteiger partial charge in [0.25, 0.3) is 0 Å². The predicted molar refractivity (Wildman–Crippen MR) is 110 cm³/mol. The molecule has 1 aromatic carbocycles. The fraction of sp³-hybridized carbons (Fsp3) is 0.524. The third-order valence-corrected chi connectivity index (χ3v) is 4.26. The van der Waals surface area contributed by atoms with Gasteiger partial charge in [-0.3, -0.25) is 9.59 Å². The lowest BCUT2D eigenvalue weighted by Crippen LogP contribution is -2.35. The molecule has 2 amide bonds. The molecule has 6 heteroatoms. The van der Waals surface area contributed by atoms with E-state index in [1.807, 2.05) is 6.92 Å². The number of rotatable bonds is 12. The minimum Gasteiger partial charge on any atom is -0.372 e. The lowest BCUT2D eigenvalue weighted by Gasteiger charge is -2.20. The van der Waals surface area contributed by atoms with Gasteiger partial charge in [0, 0.05) is 25.9 Å². The zero-order valence-corrected chi connectivity index (χ0v) is 16.7. The van der Waals surface area contributed by atoms with E-state index in [-0.39, 0.29) is 30.4 Å². The molecule has 27 heavy (non-hydrogen) atoms. The molecule has 0 heterocycles. The molecule has 6 nitrogen and oxygen atoms in total. The second-order valence-electron chi connectivity index (χ2n) is 6.38. The highest BCUT2D eigenvalue weighted by Crippen LogP contribution is 2.12. The van der Waals surface area contributed by atoms with Crippen molar-refractivity contribution in [2.45, 2.75) is 64.2 Å². The monoisotopic (exact) mass is 377 g/mol. The average Bonchev–Trinajstić information content (AvgIpc) is 2.69. The maximum absolute atomic E-state index is 11.2. The summed E-state index contributed by atoms with van der Waals surface area (Å²) in [7, 11) is 1.66. The van der Waals surface area contributed by atoms with E-state index in [2.05, 4.69) is 42.7 Å². The van der Waals surface area contributed by atoms with Crippen LogP contribution in [0.15, 0.2) is 37.4 Å². The van der Waals surface area contributed by atoms with Gasteiger partial charge in [0.1, 0.15) is 0 Å². The number of carbonyl (C=O) groups is 2. The molecule has 0 fully saturated rings. The largest absolute Gasteiger partial charge is 0.372 e. The molecule has 152 valence electrons. The minimum absolute atomic E-state index is 0.0932. The van der Waals surface area contributed by atoms with Gasteiger partial charge in [0.05, 0.1) is 12.7 Å². The van der Waals surface area contributed by atoms with Gasteiger partial charge < -0.3 is 21.5 Å². The third-order valence-electron chi connectivity index (χ3n) is 4.26. The third kappa shape index (κ3) is 11.9. The van der Waals surface area contributed by atoms with Gasteiger partial charge in [0.2, 0.25) is 11.8 Å². The quantitative estimate of drug-likeness (QED) is 0.384. The van der Waals surface area contributed by atoms with Crippen molar-refractivity contribution in [3.63, 3.8) is 0 Å². The standard InChI is InChI=1S/C19H31N3O3.C2H4/c1-14(17(20)11-12-18(21)23)25-13-16-9-7-15(8-10-16)5-3-4-6-19(24)22-2;1-2/h7-10,14,17H,3-6,11-13,20H2,1-2H3,(H2,21,23)(H,22,24);1-2H2/t14-,17?;/m1./s1. The molecule has 0 aromatic heterocycles. The molecular weight excluding hydrogens is 342 g/mol. The van der Waals surface area contributed by atoms with E-state index in [1.54, 1.807) is 7.05 Å². The van der Waals surface area contributed by atoms with E-state index in [0.29, 0.717) is 19.4 Å². The van der Waals surface area contributed by atoms with Gasteiger partial charge in [-0.1, -0.05) is 24.3 Å². The summed E-state index contributed by atoms with van der Waals surface area (Å²) in [5, 5.41) is 2.63. The fourth-order valence-electron chi connectivity index (χ4n) is 2.44. The molecule has 0 aliphatic heterocycles. The number of nitrogens with one attached hydrogen (secondary N) is 1. The Morgan fingerprint density at radius 2 is 1.70 bits per heavy atom. The first-order valence-electron chi connectivity index (χ1n) is 9.36. The van der Waals surface area contributed by atoms with E-state index >= 15 is 0 Å². The van der Waals surface area contributed by atoms with E-state index in [9.17, 15) is 9.59 Å². The van der Waals surface area contributed by atoms with Crippen LogP contribution in [-0.4, -0.2) is 31.0 Å². The predicted octanol–water partition coefficient (Wildman–Crippen LogP) is 2.45. The smallest absolute Gasteiger partial charge is 0.219 e. The van der Waals surface area contributed by atoms with E-state index in [4.69, 9.17) is 16.2 Å². The van der Waals surface area contributed by atoms with Gasteiger partial charge in [-0.15, -0.1) is 13.2 Å². The van der Waals surface area contributed by atoms with Crippen molar-refractivity contribution in [1.82, 2.24) is 5.32 Å². The summed E-state index contributed by atoms with van der Waals surface area (Å²) < 4.78 is 5.78. The summed E-state index contributed by atoms with van der Waals surface area (Å²) >= 11 is 0. The molecule has 0 bridgehead atoms. The molecule has 0 saturated heterocycles. The average molecular weight is 378 g/mol. The Hall–Kier alpha value is -2.18. The highest BCUT2D eigenvalue weighted by Gasteiger charge is 2.14. The number of carbonyl (C=O) groups excluding carboxylic acids is 2. The fourth-order valence-corrected chi connectivity index (χ4v) is 2.44. The van der Waals surface area contributed by atoms with Crippen molar-refractivity contribution >= 4 is 11.8 Å². The highest BCUT2D eigenvalue weighted by molar-refractivity contribution is 5.75. The van der Waals surface area contributed by atoms with Crippen molar-refractivity contribution in [2.75, 3.05) is 7.05 Å². The summed E-state index contributed by atoms with van der Waals surface area (Å²) in [6.07, 6.45) is 4.11. The normalized spacial score (nSPS) is 12.4. The maximum Gasteiger partial charge on any atom is 0.219 e. The molecule has 5 N–H and O–H groups in total. The number of primary amides is 1. The molecule has 0 aliphatic carbocycles. The van der Waals surface area contributed by atoms with Crippen molar-refractivity contribution in [3.05, 3.63) is 48.6 Å². The lowest BCUT2D eigenvalue weighted by molar-refractivity contribution is -0.121. The first-order chi connectivity index (χ1) is 12.9. The molecule has 1 unspecified atom stereocenters. The Labute approximate surface area is 163 Å². The van der Waals surface area contributed by atoms with Crippen LogP contribution in [0.2, 0.25) is 0 Å². The van der Waals surface area contributed by atoms with Crippen LogP contribution >= 0.6 is 0 Å². The Kier molecular flexibility index (Phi) is 13.7. The van der Waals surface area contributed by atoms with Crippen LogP contribution in [0, 0.1) is 0 Å². The summed E-state index contributed by atoms with van der Waals surface area (Å²) in [6, 6.07) is 8.09. The van der Waals surface area contributed by atoms with Crippen LogP contribution in [0.1, 0.15) is 50.2 Å². The number of aryl methyl sites for hydroxylation is 1. The molecule has 1 rings (SSSR count). The Balaban J connectivity index is 0.00000326. The molecule has 0 aliphatic rings. The Morgan fingerprint density at radius 1 is 1.11 bits per heavy atom. The first-order valence-corrected chi connectivity index (χ1v) is 9.36. The Morgan fingerprint density at radius 3 is 2.26 bits per heavy atom. The van der Waals surface area contributed by atoms with Crippen LogP contribution in [0.4, 0.5) is 0 Å². The van der Waals surface area contributed by atoms with Crippen LogP contribution in [0.3, 0.4) is 0 Å². The summed E-state index contributed by atoms with van der Waals surface area (Å²) in [5.74, 6) is -0.246. The number of unbranched alkanes of at least 4 members (excludes halogenated alkanes) is 1. The van der Waals surface area contributed by atoms with E-state index in [0.717, 1.165) is 24.8 Å². The summed E-state index contributed by atoms with van der Waals surface area (Å²) in [6.45, 7) is 8.40. The summed E-state index contributed by atoms with van der Waals surface area (Å²) in [4.78, 5) is 21.9. The lowest BCUT2D eigenvalue weighted by atomic mass is 10.0. The van der Waals surface area contributed by atoms with Crippen LogP contribution < -0.4 is 16.8 Å². The van der Waals surface area contributed by atoms with Crippen molar-refractivity contribution in [1.29, 1.82) is 0 Å². The second kappa shape index (κ2) is 14.9. The molecule has 0 spiro atoms. The maximum atomic E-state index is 11.2. The van der Waals surface area contributed by atoms with Gasteiger partial charge >= 0.3 is 0 Å². The summed E-state index contributed by atoms with van der Waals surface area (Å²) in [5.41, 5.74) is 13.5.